The molecule has 0 aromatic carbocycles. The fourth-order valence-corrected chi connectivity index (χ4v) is 1.33. The Morgan fingerprint density at radius 1 is 1.56 bits per heavy atom. The van der Waals surface area contributed by atoms with Gasteiger partial charge in [0, 0.05) is 5.56 Å². The fourth-order valence-electron chi connectivity index (χ4n) is 1.33. The number of carbonyl (C=O) groups excluding carboxylic acids is 1. The van der Waals surface area contributed by atoms with E-state index in [1.165, 1.54) is 12.5 Å². The first-order valence-electron chi connectivity index (χ1n) is 5.45. The molecule has 7 nitrogen and oxygen atoms in total. The molecule has 96 valence electrons. The van der Waals surface area contributed by atoms with E-state index in [0.717, 1.165) is 5.56 Å². The Bertz CT molecular complexity index is 532. The van der Waals surface area contributed by atoms with Crippen LogP contribution in [0.4, 0.5) is 0 Å². The number of nitrogens with one attached hydrogen (secondary N) is 1. The maximum absolute atomic E-state index is 11.6. The molecule has 0 amide bonds. The van der Waals surface area contributed by atoms with Gasteiger partial charge < -0.3 is 14.0 Å². The van der Waals surface area contributed by atoms with Gasteiger partial charge in [0.25, 0.3) is 0 Å². The summed E-state index contributed by atoms with van der Waals surface area (Å²) in [5.74, 6) is -0.214. The van der Waals surface area contributed by atoms with E-state index in [0.29, 0.717) is 12.3 Å². The first-order valence-corrected chi connectivity index (χ1v) is 5.45. The molecule has 7 heteroatoms. The highest BCUT2D eigenvalue weighted by atomic mass is 16.5. The van der Waals surface area contributed by atoms with Crippen LogP contribution < -0.4 is 4.74 Å². The lowest BCUT2D eigenvalue weighted by atomic mass is 10.3. The van der Waals surface area contributed by atoms with E-state index in [1.54, 1.807) is 6.92 Å². The second kappa shape index (κ2) is 5.35. The quantitative estimate of drug-likeness (QED) is 0.809. The Morgan fingerprint density at radius 3 is 3.06 bits per heavy atom. The van der Waals surface area contributed by atoms with Crippen molar-refractivity contribution in [2.24, 2.45) is 0 Å². The molecular weight excluding hydrogens is 238 g/mol. The van der Waals surface area contributed by atoms with Gasteiger partial charge in [0.1, 0.15) is 24.1 Å². The van der Waals surface area contributed by atoms with Crippen molar-refractivity contribution in [3.05, 3.63) is 29.3 Å². The number of nitrogens with zero attached hydrogens (tertiary/aromatic N) is 2. The predicted molar refractivity (Wildman–Crippen MR) is 60.1 cm³/mol. The third-order valence-corrected chi connectivity index (χ3v) is 2.30. The average Bonchev–Trinajstić information content (AvgIpc) is 2.95. The minimum Gasteiger partial charge on any atom is -0.471 e. The monoisotopic (exact) mass is 251 g/mol. The Labute approximate surface area is 103 Å². The number of hydrogen-bond donors (Lipinski definition) is 1. The number of aromatic amines is 1. The molecule has 2 aromatic rings. The molecule has 0 aliphatic rings. The number of aromatic nitrogens is 3. The maximum Gasteiger partial charge on any atom is 0.345 e. The van der Waals surface area contributed by atoms with Crippen LogP contribution in [0.5, 0.6) is 5.88 Å². The Balaban J connectivity index is 2.04. The summed E-state index contributed by atoms with van der Waals surface area (Å²) < 4.78 is 15.1. The molecule has 1 N–H and O–H groups in total. The van der Waals surface area contributed by atoms with E-state index in [9.17, 15) is 4.79 Å². The van der Waals surface area contributed by atoms with Crippen molar-refractivity contribution in [1.29, 1.82) is 0 Å². The summed E-state index contributed by atoms with van der Waals surface area (Å²) in [4.78, 5) is 11.6. The summed E-state index contributed by atoms with van der Waals surface area (Å²) in [5.41, 5.74) is 1.81. The largest absolute Gasteiger partial charge is 0.471 e. The Hall–Kier alpha value is -2.31. The number of H-pyrrole nitrogens is 1. The molecule has 18 heavy (non-hydrogen) atoms. The van der Waals surface area contributed by atoms with E-state index in [-0.39, 0.29) is 18.1 Å². The number of carbonyl (C=O) groups is 1. The molecule has 2 rings (SSSR count). The normalized spacial score (nSPS) is 10.3. The van der Waals surface area contributed by atoms with Crippen LogP contribution in [0.25, 0.3) is 0 Å². The topological polar surface area (TPSA) is 90.2 Å². The molecule has 0 aliphatic carbocycles. The molecule has 0 aliphatic heterocycles. The van der Waals surface area contributed by atoms with Crippen LogP contribution in [0.3, 0.4) is 0 Å². The summed E-state index contributed by atoms with van der Waals surface area (Å²) in [6.45, 7) is 4.08. The number of ether oxygens (including phenoxy) is 2. The minimum absolute atomic E-state index is 0.191. The highest BCUT2D eigenvalue weighted by Crippen LogP contribution is 2.17. The van der Waals surface area contributed by atoms with Gasteiger partial charge in [-0.25, -0.2) is 9.89 Å². The lowest BCUT2D eigenvalue weighted by Gasteiger charge is -2.04. The summed E-state index contributed by atoms with van der Waals surface area (Å²) >= 11 is 0. The molecule has 0 unspecified atom stereocenters. The first-order chi connectivity index (χ1) is 8.72. The van der Waals surface area contributed by atoms with Gasteiger partial charge in [-0.1, -0.05) is 5.16 Å². The third-order valence-electron chi connectivity index (χ3n) is 2.30. The highest BCUT2D eigenvalue weighted by Gasteiger charge is 2.17. The molecule has 0 saturated carbocycles. The van der Waals surface area contributed by atoms with Crippen molar-refractivity contribution in [2.45, 2.75) is 20.5 Å². The molecular formula is C11H13N3O4. The van der Waals surface area contributed by atoms with Crippen molar-refractivity contribution >= 4 is 5.97 Å². The molecule has 2 aromatic heterocycles. The van der Waals surface area contributed by atoms with E-state index >= 15 is 0 Å². The van der Waals surface area contributed by atoms with Gasteiger partial charge in [-0.3, -0.25) is 0 Å². The summed E-state index contributed by atoms with van der Waals surface area (Å²) in [7, 11) is 0. The average molecular weight is 251 g/mol. The van der Waals surface area contributed by atoms with Crippen LogP contribution in [-0.2, 0) is 11.3 Å². The first kappa shape index (κ1) is 12.2. The van der Waals surface area contributed by atoms with Crippen molar-refractivity contribution in [2.75, 3.05) is 6.61 Å². The number of esters is 1. The van der Waals surface area contributed by atoms with Gasteiger partial charge in [-0.2, -0.15) is 5.10 Å². The predicted octanol–water partition coefficient (Wildman–Crippen LogP) is 1.46. The minimum atomic E-state index is -0.474. The van der Waals surface area contributed by atoms with Gasteiger partial charge in [-0.05, 0) is 13.8 Å². The SMILES string of the molecule is CCOC(=O)c1cn[nH]c1OCc1nocc1C. The number of hydrogen-bond acceptors (Lipinski definition) is 6. The summed E-state index contributed by atoms with van der Waals surface area (Å²) in [6.07, 6.45) is 2.89. The second-order valence-corrected chi connectivity index (χ2v) is 3.57. The van der Waals surface area contributed by atoms with Crippen LogP contribution in [0.15, 0.2) is 17.0 Å². The molecule has 0 spiro atoms. The fraction of sp³-hybridized carbons (Fsp3) is 0.364. The second-order valence-electron chi connectivity index (χ2n) is 3.57. The maximum atomic E-state index is 11.6. The van der Waals surface area contributed by atoms with Crippen LogP contribution in [0, 0.1) is 6.92 Å². The van der Waals surface area contributed by atoms with Crippen LogP contribution >= 0.6 is 0 Å². The van der Waals surface area contributed by atoms with Gasteiger partial charge in [0.2, 0.25) is 5.88 Å². The Kier molecular flexibility index (Phi) is 3.61. The van der Waals surface area contributed by atoms with Gasteiger partial charge in [0.15, 0.2) is 0 Å². The molecule has 0 saturated heterocycles. The lowest BCUT2D eigenvalue weighted by Crippen LogP contribution is -2.07. The van der Waals surface area contributed by atoms with Crippen molar-refractivity contribution in [3.63, 3.8) is 0 Å². The van der Waals surface area contributed by atoms with Crippen LogP contribution in [0.2, 0.25) is 0 Å². The van der Waals surface area contributed by atoms with Crippen LogP contribution in [0.1, 0.15) is 28.5 Å². The summed E-state index contributed by atoms with van der Waals surface area (Å²) in [6, 6.07) is 0. The van der Waals surface area contributed by atoms with Crippen molar-refractivity contribution in [3.8, 4) is 5.88 Å². The standard InChI is InChI=1S/C11H13N3O4/c1-3-16-11(15)8-4-12-13-10(8)17-6-9-7(2)5-18-14-9/h4-5H,3,6H2,1-2H3,(H,12,13). The summed E-state index contributed by atoms with van der Waals surface area (Å²) in [5, 5.41) is 10.1. The molecule has 0 fully saturated rings. The third kappa shape index (κ3) is 2.50. The Morgan fingerprint density at radius 2 is 2.39 bits per heavy atom. The van der Waals surface area contributed by atoms with Crippen LogP contribution in [-0.4, -0.2) is 27.9 Å². The van der Waals surface area contributed by atoms with Gasteiger partial charge in [0.05, 0.1) is 12.8 Å². The van der Waals surface area contributed by atoms with Gasteiger partial charge in [-0.15, -0.1) is 0 Å². The van der Waals surface area contributed by atoms with E-state index in [1.807, 2.05) is 6.92 Å². The van der Waals surface area contributed by atoms with E-state index in [2.05, 4.69) is 15.4 Å². The van der Waals surface area contributed by atoms with Crippen molar-refractivity contribution in [1.82, 2.24) is 15.4 Å². The number of aryl methyl sites for hydroxylation is 1. The lowest BCUT2D eigenvalue weighted by molar-refractivity contribution is 0.0521. The smallest absolute Gasteiger partial charge is 0.345 e. The van der Waals surface area contributed by atoms with E-state index in [4.69, 9.17) is 14.0 Å². The highest BCUT2D eigenvalue weighted by molar-refractivity contribution is 5.91. The molecule has 0 atom stereocenters. The van der Waals surface area contributed by atoms with Gasteiger partial charge >= 0.3 is 5.97 Å². The molecule has 0 bridgehead atoms. The molecule has 2 heterocycles. The number of rotatable bonds is 5. The zero-order valence-electron chi connectivity index (χ0n) is 10.1. The zero-order valence-corrected chi connectivity index (χ0v) is 10.1. The zero-order chi connectivity index (χ0) is 13.0. The van der Waals surface area contributed by atoms with Crippen molar-refractivity contribution < 1.29 is 18.8 Å². The van der Waals surface area contributed by atoms with E-state index < -0.39 is 5.97 Å². The molecule has 0 radical (unpaired) electrons.